The predicted molar refractivity (Wildman–Crippen MR) is 93.1 cm³/mol. The number of hydrogen-bond donors (Lipinski definition) is 1. The lowest BCUT2D eigenvalue weighted by Crippen LogP contribution is -2.51. The summed E-state index contributed by atoms with van der Waals surface area (Å²) in [6.45, 7) is 1.74. The third kappa shape index (κ3) is 4.09. The van der Waals surface area contributed by atoms with Crippen molar-refractivity contribution in [2.24, 2.45) is 0 Å². The monoisotopic (exact) mass is 359 g/mol. The van der Waals surface area contributed by atoms with Gasteiger partial charge in [-0.05, 0) is 12.8 Å². The van der Waals surface area contributed by atoms with Crippen LogP contribution in [0.5, 0.6) is 0 Å². The van der Waals surface area contributed by atoms with Gasteiger partial charge in [0.25, 0.3) is 0 Å². The van der Waals surface area contributed by atoms with Gasteiger partial charge in [0, 0.05) is 24.8 Å². The van der Waals surface area contributed by atoms with Crippen LogP contribution in [-0.2, 0) is 14.3 Å². The number of esters is 1. The molecule has 3 rings (SSSR count). The summed E-state index contributed by atoms with van der Waals surface area (Å²) in [6.07, 6.45) is 3.41. The number of nitrogens with zero attached hydrogens (tertiary/aromatic N) is 2. The average Bonchev–Trinajstić information content (AvgIpc) is 2.85. The van der Waals surface area contributed by atoms with Crippen LogP contribution in [0.25, 0.3) is 0 Å². The molecule has 2 aliphatic rings. The normalized spacial score (nSPS) is 20.2. The number of amidine groups is 1. The largest absolute Gasteiger partial charge is 0.473 e. The smallest absolute Gasteiger partial charge is 0.420 e. The maximum absolute atomic E-state index is 12.6. The van der Waals surface area contributed by atoms with Crippen molar-refractivity contribution in [3.05, 3.63) is 35.9 Å². The van der Waals surface area contributed by atoms with Gasteiger partial charge in [0.1, 0.15) is 6.54 Å². The first-order chi connectivity index (χ1) is 12.6. The van der Waals surface area contributed by atoms with Crippen molar-refractivity contribution in [1.29, 1.82) is 0 Å². The van der Waals surface area contributed by atoms with Crippen LogP contribution < -0.4 is 0 Å². The van der Waals surface area contributed by atoms with Gasteiger partial charge >= 0.3 is 11.9 Å². The summed E-state index contributed by atoms with van der Waals surface area (Å²) in [5.41, 5.74) is 0.674. The number of benzene rings is 1. The Labute approximate surface area is 151 Å². The molecule has 1 saturated heterocycles. The Bertz CT molecular complexity index is 729. The number of Topliss-reactive ketones (excluding diaryl/α,β-unsaturated/α-hetero) is 1. The number of aliphatic carboxylic acids is 1. The van der Waals surface area contributed by atoms with Crippen molar-refractivity contribution in [1.82, 2.24) is 4.90 Å². The summed E-state index contributed by atoms with van der Waals surface area (Å²) in [6, 6.07) is 9.17. The van der Waals surface area contributed by atoms with Crippen LogP contribution >= 0.6 is 0 Å². The molecule has 0 bridgehead atoms. The number of ether oxygens (including phenoxy) is 1. The van der Waals surface area contributed by atoms with E-state index in [1.807, 2.05) is 27.7 Å². The fourth-order valence-corrected chi connectivity index (χ4v) is 3.60. The Hall–Kier alpha value is -2.70. The average molecular weight is 359 g/mol. The maximum Gasteiger partial charge on any atom is 0.420 e. The first kappa shape index (κ1) is 18.1. The second kappa shape index (κ2) is 8.12. The molecule has 0 spiro atoms. The SMILES string of the molecule is O=C(O)C(=O)OC1CCCCC2=[N+](CC(=O)c3ccccc3)CCCN21. The molecular formula is C19H23N2O5+. The highest BCUT2D eigenvalue weighted by molar-refractivity contribution is 6.28. The van der Waals surface area contributed by atoms with Crippen molar-refractivity contribution >= 4 is 23.6 Å². The second-order valence-corrected chi connectivity index (χ2v) is 6.58. The fraction of sp³-hybridized carbons (Fsp3) is 0.474. The first-order valence-corrected chi connectivity index (χ1v) is 8.96. The highest BCUT2D eigenvalue weighted by atomic mass is 16.6. The number of carboxylic acids is 1. The van der Waals surface area contributed by atoms with Gasteiger partial charge < -0.3 is 9.84 Å². The number of fused-ring (bicyclic) bond motifs is 1. The van der Waals surface area contributed by atoms with Crippen molar-refractivity contribution in [3.63, 3.8) is 0 Å². The number of ketones is 1. The van der Waals surface area contributed by atoms with Gasteiger partial charge in [0.15, 0.2) is 0 Å². The zero-order valence-electron chi connectivity index (χ0n) is 14.6. The molecule has 1 aromatic carbocycles. The molecule has 2 aliphatic heterocycles. The Morgan fingerprint density at radius 1 is 1.15 bits per heavy atom. The minimum Gasteiger partial charge on any atom is -0.473 e. The zero-order valence-corrected chi connectivity index (χ0v) is 14.6. The van der Waals surface area contributed by atoms with Crippen LogP contribution in [-0.4, -0.2) is 64.0 Å². The minimum atomic E-state index is -1.58. The summed E-state index contributed by atoms with van der Waals surface area (Å²) in [5, 5.41) is 8.82. The van der Waals surface area contributed by atoms with Crippen molar-refractivity contribution in [2.45, 2.75) is 38.3 Å². The number of rotatable bonds is 4. The number of carbonyl (C=O) groups is 3. The molecule has 26 heavy (non-hydrogen) atoms. The van der Waals surface area contributed by atoms with Gasteiger partial charge in [-0.25, -0.2) is 14.5 Å². The molecule has 1 unspecified atom stereocenters. The Morgan fingerprint density at radius 2 is 1.92 bits per heavy atom. The van der Waals surface area contributed by atoms with Crippen LogP contribution in [0, 0.1) is 0 Å². The van der Waals surface area contributed by atoms with E-state index in [2.05, 4.69) is 0 Å². The first-order valence-electron chi connectivity index (χ1n) is 8.96. The third-order valence-electron chi connectivity index (χ3n) is 4.82. The highest BCUT2D eigenvalue weighted by Crippen LogP contribution is 2.22. The van der Waals surface area contributed by atoms with Gasteiger partial charge in [0.2, 0.25) is 17.8 Å². The summed E-state index contributed by atoms with van der Waals surface area (Å²) < 4.78 is 7.24. The molecule has 0 amide bonds. The van der Waals surface area contributed by atoms with E-state index in [4.69, 9.17) is 9.84 Å². The van der Waals surface area contributed by atoms with E-state index < -0.39 is 18.2 Å². The zero-order chi connectivity index (χ0) is 18.5. The van der Waals surface area contributed by atoms with Gasteiger partial charge in [-0.1, -0.05) is 30.3 Å². The highest BCUT2D eigenvalue weighted by Gasteiger charge is 2.38. The van der Waals surface area contributed by atoms with E-state index in [0.717, 1.165) is 38.1 Å². The lowest BCUT2D eigenvalue weighted by atomic mass is 10.1. The molecule has 1 atom stereocenters. The molecule has 7 nitrogen and oxygen atoms in total. The van der Waals surface area contributed by atoms with E-state index in [-0.39, 0.29) is 12.3 Å². The summed E-state index contributed by atoms with van der Waals surface area (Å²) in [7, 11) is 0. The molecular weight excluding hydrogens is 336 g/mol. The minimum absolute atomic E-state index is 0.0447. The second-order valence-electron chi connectivity index (χ2n) is 6.58. The Morgan fingerprint density at radius 3 is 2.65 bits per heavy atom. The molecule has 7 heteroatoms. The van der Waals surface area contributed by atoms with Crippen molar-refractivity contribution in [3.8, 4) is 0 Å². The summed E-state index contributed by atoms with van der Waals surface area (Å²) in [5.74, 6) is -1.79. The molecule has 138 valence electrons. The van der Waals surface area contributed by atoms with Crippen molar-refractivity contribution in [2.75, 3.05) is 19.6 Å². The lowest BCUT2D eigenvalue weighted by molar-refractivity contribution is -0.528. The number of carboxylic acid groups (broad SMARTS) is 1. The van der Waals surface area contributed by atoms with E-state index in [1.165, 1.54) is 0 Å². The molecule has 1 aromatic rings. The van der Waals surface area contributed by atoms with Crippen LogP contribution in [0.2, 0.25) is 0 Å². The van der Waals surface area contributed by atoms with Gasteiger partial charge in [-0.3, -0.25) is 9.37 Å². The van der Waals surface area contributed by atoms with Gasteiger partial charge in [-0.15, -0.1) is 0 Å². The quantitative estimate of drug-likeness (QED) is 0.380. The molecule has 1 fully saturated rings. The van der Waals surface area contributed by atoms with Crippen molar-refractivity contribution < 1.29 is 28.8 Å². The molecule has 0 saturated carbocycles. The van der Waals surface area contributed by atoms with E-state index in [9.17, 15) is 14.4 Å². The Balaban J connectivity index is 1.81. The van der Waals surface area contributed by atoms with Crippen LogP contribution in [0.15, 0.2) is 30.3 Å². The topological polar surface area (TPSA) is 86.9 Å². The predicted octanol–water partition coefficient (Wildman–Crippen LogP) is 1.51. The Kier molecular flexibility index (Phi) is 5.65. The number of carbonyl (C=O) groups excluding carboxylic acids is 2. The van der Waals surface area contributed by atoms with Gasteiger partial charge in [0.05, 0.1) is 13.1 Å². The molecule has 2 heterocycles. The van der Waals surface area contributed by atoms with E-state index in [0.29, 0.717) is 18.5 Å². The molecule has 0 aromatic heterocycles. The number of hydrogen-bond acceptors (Lipinski definition) is 5. The van der Waals surface area contributed by atoms with Crippen LogP contribution in [0.3, 0.4) is 0 Å². The maximum atomic E-state index is 12.6. The molecule has 1 N–H and O–H groups in total. The molecule has 0 aliphatic carbocycles. The van der Waals surface area contributed by atoms with Crippen LogP contribution in [0.4, 0.5) is 0 Å². The van der Waals surface area contributed by atoms with E-state index in [1.54, 1.807) is 12.1 Å². The van der Waals surface area contributed by atoms with E-state index >= 15 is 0 Å². The third-order valence-corrected chi connectivity index (χ3v) is 4.82. The summed E-state index contributed by atoms with van der Waals surface area (Å²) >= 11 is 0. The summed E-state index contributed by atoms with van der Waals surface area (Å²) in [4.78, 5) is 36.9. The fourth-order valence-electron chi connectivity index (χ4n) is 3.60. The molecule has 0 radical (unpaired) electrons. The van der Waals surface area contributed by atoms with Gasteiger partial charge in [-0.2, -0.15) is 0 Å². The van der Waals surface area contributed by atoms with Crippen LogP contribution in [0.1, 0.15) is 42.5 Å². The standard InChI is InChI=1S/C19H22N2O5/c22-15(14-7-2-1-3-8-14)13-20-11-6-12-21-16(20)9-4-5-10-17(21)26-19(25)18(23)24/h1-3,7-8,17H,4-6,9-13H2/p+1. The lowest BCUT2D eigenvalue weighted by Gasteiger charge is -2.30.